The minimum atomic E-state index is -0.386. The maximum Gasteiger partial charge on any atom is 0.266 e. The summed E-state index contributed by atoms with van der Waals surface area (Å²) in [6.07, 6.45) is 0.868. The standard InChI is InChI=1S/C20H20ClN3O2S/c1-3-12-22-18(25)13(2)27-20-23-17-7-5-4-6-16(17)19(26)24(20)15-10-8-14(21)9-11-15/h4-11,13H,3,12H2,1-2H3,(H,22,25)/t13-/m0/s1. The van der Waals surface area contributed by atoms with E-state index in [1.807, 2.05) is 26.0 Å². The number of halogens is 1. The lowest BCUT2D eigenvalue weighted by atomic mass is 10.2. The molecule has 0 aliphatic rings. The first kappa shape index (κ1) is 19.5. The first-order valence-electron chi connectivity index (χ1n) is 8.73. The Morgan fingerprint density at radius 2 is 1.93 bits per heavy atom. The monoisotopic (exact) mass is 401 g/mol. The first-order chi connectivity index (χ1) is 13.0. The summed E-state index contributed by atoms with van der Waals surface area (Å²) >= 11 is 7.25. The highest BCUT2D eigenvalue weighted by atomic mass is 35.5. The van der Waals surface area contributed by atoms with E-state index in [0.717, 1.165) is 6.42 Å². The van der Waals surface area contributed by atoms with E-state index in [0.29, 0.717) is 33.3 Å². The van der Waals surface area contributed by atoms with Crippen molar-refractivity contribution in [2.45, 2.75) is 30.7 Å². The number of aromatic nitrogens is 2. The Hall–Kier alpha value is -2.31. The lowest BCUT2D eigenvalue weighted by Gasteiger charge is -2.16. The van der Waals surface area contributed by atoms with Gasteiger partial charge in [-0.05, 0) is 49.7 Å². The molecule has 1 N–H and O–H groups in total. The van der Waals surface area contributed by atoms with Crippen molar-refractivity contribution in [3.63, 3.8) is 0 Å². The van der Waals surface area contributed by atoms with E-state index < -0.39 is 0 Å². The van der Waals surface area contributed by atoms with E-state index in [9.17, 15) is 9.59 Å². The molecule has 1 aromatic heterocycles. The molecular weight excluding hydrogens is 382 g/mol. The van der Waals surface area contributed by atoms with Gasteiger partial charge in [-0.2, -0.15) is 0 Å². The van der Waals surface area contributed by atoms with Gasteiger partial charge in [-0.15, -0.1) is 0 Å². The van der Waals surface area contributed by atoms with Gasteiger partial charge in [0.05, 0.1) is 21.8 Å². The molecule has 1 heterocycles. The molecule has 5 nitrogen and oxygen atoms in total. The van der Waals surface area contributed by atoms with Crippen molar-refractivity contribution in [2.24, 2.45) is 0 Å². The molecule has 0 saturated carbocycles. The largest absolute Gasteiger partial charge is 0.355 e. The number of nitrogens with zero attached hydrogens (tertiary/aromatic N) is 2. The molecule has 140 valence electrons. The van der Waals surface area contributed by atoms with Crippen molar-refractivity contribution in [1.29, 1.82) is 0 Å². The Kier molecular flexibility index (Phi) is 6.19. The van der Waals surface area contributed by atoms with Gasteiger partial charge in [0.1, 0.15) is 0 Å². The number of thioether (sulfide) groups is 1. The summed E-state index contributed by atoms with van der Waals surface area (Å²) in [5, 5.41) is 4.08. The van der Waals surface area contributed by atoms with Crippen LogP contribution in [-0.2, 0) is 4.79 Å². The Labute approximate surface area is 166 Å². The van der Waals surface area contributed by atoms with E-state index >= 15 is 0 Å². The number of amides is 1. The van der Waals surface area contributed by atoms with Crippen LogP contribution in [0.5, 0.6) is 0 Å². The van der Waals surface area contributed by atoms with E-state index in [-0.39, 0.29) is 16.7 Å². The van der Waals surface area contributed by atoms with Crippen LogP contribution in [0.4, 0.5) is 0 Å². The fourth-order valence-corrected chi connectivity index (χ4v) is 3.69. The zero-order valence-electron chi connectivity index (χ0n) is 15.1. The van der Waals surface area contributed by atoms with Crippen LogP contribution in [0.25, 0.3) is 16.6 Å². The van der Waals surface area contributed by atoms with E-state index in [1.54, 1.807) is 36.4 Å². The second kappa shape index (κ2) is 8.59. The second-order valence-corrected chi connectivity index (χ2v) is 7.82. The van der Waals surface area contributed by atoms with Gasteiger partial charge in [0.25, 0.3) is 5.56 Å². The number of benzene rings is 2. The summed E-state index contributed by atoms with van der Waals surface area (Å²) in [6.45, 7) is 4.43. The summed E-state index contributed by atoms with van der Waals surface area (Å²) in [7, 11) is 0. The zero-order chi connectivity index (χ0) is 19.4. The molecule has 0 bridgehead atoms. The summed E-state index contributed by atoms with van der Waals surface area (Å²) in [4.78, 5) is 30.1. The molecule has 3 aromatic rings. The number of hydrogen-bond acceptors (Lipinski definition) is 4. The van der Waals surface area contributed by atoms with Crippen LogP contribution in [0.15, 0.2) is 58.5 Å². The Balaban J connectivity index is 2.09. The molecule has 0 aliphatic heterocycles. The highest BCUT2D eigenvalue weighted by molar-refractivity contribution is 8.00. The zero-order valence-corrected chi connectivity index (χ0v) is 16.7. The van der Waals surface area contributed by atoms with Crippen molar-refractivity contribution in [3.05, 3.63) is 63.9 Å². The number of nitrogens with one attached hydrogen (secondary N) is 1. The molecule has 2 aromatic carbocycles. The van der Waals surface area contributed by atoms with Crippen LogP contribution < -0.4 is 10.9 Å². The molecule has 0 aliphatic carbocycles. The fourth-order valence-electron chi connectivity index (χ4n) is 2.61. The molecule has 27 heavy (non-hydrogen) atoms. The molecule has 0 radical (unpaired) electrons. The topological polar surface area (TPSA) is 64.0 Å². The second-order valence-electron chi connectivity index (χ2n) is 6.08. The summed E-state index contributed by atoms with van der Waals surface area (Å²) in [5.74, 6) is -0.0769. The normalized spacial score (nSPS) is 12.1. The molecule has 7 heteroatoms. The number of carbonyl (C=O) groups is 1. The van der Waals surface area contributed by atoms with E-state index in [4.69, 9.17) is 11.6 Å². The fraction of sp³-hybridized carbons (Fsp3) is 0.250. The minimum absolute atomic E-state index is 0.0769. The SMILES string of the molecule is CCCNC(=O)[C@H](C)Sc1nc2ccccc2c(=O)n1-c1ccc(Cl)cc1. The van der Waals surface area contributed by atoms with Gasteiger partial charge in [0.2, 0.25) is 5.91 Å². The molecule has 1 amide bonds. The molecule has 3 rings (SSSR count). The van der Waals surface area contributed by atoms with Crippen molar-refractivity contribution >= 4 is 40.2 Å². The van der Waals surface area contributed by atoms with Crippen LogP contribution in [-0.4, -0.2) is 27.3 Å². The van der Waals surface area contributed by atoms with Crippen molar-refractivity contribution in [2.75, 3.05) is 6.54 Å². The van der Waals surface area contributed by atoms with Gasteiger partial charge >= 0.3 is 0 Å². The van der Waals surface area contributed by atoms with Gasteiger partial charge in [-0.1, -0.05) is 42.4 Å². The Morgan fingerprint density at radius 3 is 2.63 bits per heavy atom. The average Bonchev–Trinajstić information content (AvgIpc) is 2.67. The van der Waals surface area contributed by atoms with E-state index in [2.05, 4.69) is 10.3 Å². The molecule has 0 fully saturated rings. The molecule has 1 atom stereocenters. The van der Waals surface area contributed by atoms with Gasteiger partial charge < -0.3 is 5.32 Å². The number of rotatable bonds is 6. The van der Waals surface area contributed by atoms with Crippen LogP contribution in [0.1, 0.15) is 20.3 Å². The van der Waals surface area contributed by atoms with Crippen molar-refractivity contribution < 1.29 is 4.79 Å². The number of fused-ring (bicyclic) bond motifs is 1. The average molecular weight is 402 g/mol. The van der Waals surface area contributed by atoms with Gasteiger partial charge in [-0.25, -0.2) is 4.98 Å². The third-order valence-electron chi connectivity index (χ3n) is 4.03. The summed E-state index contributed by atoms with van der Waals surface area (Å²) in [6, 6.07) is 14.2. The van der Waals surface area contributed by atoms with Crippen LogP contribution >= 0.6 is 23.4 Å². The van der Waals surface area contributed by atoms with Gasteiger partial charge in [-0.3, -0.25) is 14.2 Å². The lowest BCUT2D eigenvalue weighted by Crippen LogP contribution is -2.32. The van der Waals surface area contributed by atoms with Crippen molar-refractivity contribution in [1.82, 2.24) is 14.9 Å². The predicted octanol–water partition coefficient (Wildman–Crippen LogP) is 4.05. The predicted molar refractivity (Wildman–Crippen MR) is 111 cm³/mol. The van der Waals surface area contributed by atoms with Crippen LogP contribution in [0, 0.1) is 0 Å². The Bertz CT molecular complexity index is 1020. The van der Waals surface area contributed by atoms with Crippen molar-refractivity contribution in [3.8, 4) is 5.69 Å². The van der Waals surface area contributed by atoms with Crippen LogP contribution in [0.2, 0.25) is 5.02 Å². The highest BCUT2D eigenvalue weighted by Gasteiger charge is 2.20. The first-order valence-corrected chi connectivity index (χ1v) is 9.99. The smallest absolute Gasteiger partial charge is 0.266 e. The number of carbonyl (C=O) groups excluding carboxylic acids is 1. The molecule has 0 saturated heterocycles. The lowest BCUT2D eigenvalue weighted by molar-refractivity contribution is -0.120. The minimum Gasteiger partial charge on any atom is -0.355 e. The van der Waals surface area contributed by atoms with E-state index in [1.165, 1.54) is 16.3 Å². The van der Waals surface area contributed by atoms with Crippen LogP contribution in [0.3, 0.4) is 0 Å². The molecular formula is C20H20ClN3O2S. The number of para-hydroxylation sites is 1. The third kappa shape index (κ3) is 4.34. The number of hydrogen-bond donors (Lipinski definition) is 1. The maximum atomic E-state index is 13.1. The molecule has 0 unspecified atom stereocenters. The highest BCUT2D eigenvalue weighted by Crippen LogP contribution is 2.25. The molecule has 0 spiro atoms. The quantitative estimate of drug-likeness (QED) is 0.500. The summed E-state index contributed by atoms with van der Waals surface area (Å²) < 4.78 is 1.53. The van der Waals surface area contributed by atoms with Gasteiger partial charge in [0.15, 0.2) is 5.16 Å². The van der Waals surface area contributed by atoms with Gasteiger partial charge in [0, 0.05) is 11.6 Å². The Morgan fingerprint density at radius 1 is 1.22 bits per heavy atom. The maximum absolute atomic E-state index is 13.1. The third-order valence-corrected chi connectivity index (χ3v) is 5.33. The summed E-state index contributed by atoms with van der Waals surface area (Å²) in [5.41, 5.74) is 1.09.